The number of fused-ring (bicyclic) bond motifs is 4. The van der Waals surface area contributed by atoms with E-state index in [9.17, 15) is 34.4 Å². The molecule has 3 amide bonds. The lowest BCUT2D eigenvalue weighted by Gasteiger charge is -2.31. The normalized spacial score (nSPS) is 19.5. The first-order valence-corrected chi connectivity index (χ1v) is 22.3. The highest BCUT2D eigenvalue weighted by atomic mass is 33.1. The number of aliphatic hydroxyl groups excluding tert-OH is 1. The fourth-order valence-electron chi connectivity index (χ4n) is 7.90. The minimum atomic E-state index is -1.40. The van der Waals surface area contributed by atoms with Crippen molar-refractivity contribution in [1.29, 1.82) is 0 Å². The van der Waals surface area contributed by atoms with E-state index in [0.717, 1.165) is 22.5 Å². The van der Waals surface area contributed by atoms with Gasteiger partial charge in [-0.05, 0) is 91.6 Å². The Bertz CT molecular complexity index is 2250. The number of aliphatic hydroxyl groups is 1. The second-order valence-electron chi connectivity index (χ2n) is 15.3. The Kier molecular flexibility index (Phi) is 13.5. The number of aryl methyl sites for hydroxylation is 1. The summed E-state index contributed by atoms with van der Waals surface area (Å²) >= 11 is 0. The number of anilines is 1. The van der Waals surface area contributed by atoms with Gasteiger partial charge in [-0.15, -0.1) is 0 Å². The Morgan fingerprint density at radius 3 is 2.36 bits per heavy atom. The first-order valence-electron chi connectivity index (χ1n) is 20.0. The van der Waals surface area contributed by atoms with Gasteiger partial charge in [0.05, 0.1) is 55.2 Å². The molecule has 0 aliphatic carbocycles. The van der Waals surface area contributed by atoms with E-state index in [1.54, 1.807) is 40.1 Å². The van der Waals surface area contributed by atoms with Crippen molar-refractivity contribution in [2.45, 2.75) is 75.2 Å². The average molecular weight is 874 g/mol. The van der Waals surface area contributed by atoms with Crippen LogP contribution in [0.25, 0.3) is 0 Å². The number of nitrogens with zero attached hydrogens (tertiary/aromatic N) is 5. The van der Waals surface area contributed by atoms with Crippen LogP contribution in [0, 0.1) is 17.0 Å². The van der Waals surface area contributed by atoms with E-state index in [0.29, 0.717) is 96.6 Å². The number of hydrogen-bond donors (Lipinski definition) is 1. The van der Waals surface area contributed by atoms with Crippen LogP contribution in [0.2, 0.25) is 0 Å². The molecule has 18 heteroatoms. The molecule has 1 aromatic heterocycles. The van der Waals surface area contributed by atoms with Crippen molar-refractivity contribution in [2.24, 2.45) is 0 Å². The van der Waals surface area contributed by atoms with Crippen molar-refractivity contribution in [2.75, 3.05) is 50.7 Å². The average Bonchev–Trinajstić information content (AvgIpc) is 3.80. The fraction of sp³-hybridized carbons (Fsp3) is 0.419. The molecule has 1 N–H and O–H groups in total. The molecule has 0 unspecified atom stereocenters. The monoisotopic (exact) mass is 873 g/mol. The van der Waals surface area contributed by atoms with Gasteiger partial charge in [0.25, 0.3) is 17.5 Å². The standard InChI is InChI=1S/C43H47N5O11S2/c1-25-15-33-35(49)18-28-19-38(37(56-4)20-30(28)40(50)45(33)23-25)58-12-7-5-6-11-57-36-21-32-31(17-27(36)3)41(51)46-24-26(2)16-34(46)42(52)47(32)43(53)59-13-8-14-60-61-39-10-9-29(22-44-39)48(54)55/h9-10,17,19-22,33-34,42,52H,1-2,5-8,11-16,18,23-24H2,3-4H3/t33-,34-,42-/m0/s1. The Balaban J connectivity index is 0.936. The third kappa shape index (κ3) is 9.50. The molecule has 2 saturated heterocycles. The number of benzene rings is 2. The van der Waals surface area contributed by atoms with E-state index in [2.05, 4.69) is 18.1 Å². The second kappa shape index (κ2) is 19.0. The number of ether oxygens (including phenoxy) is 4. The van der Waals surface area contributed by atoms with E-state index in [4.69, 9.17) is 18.9 Å². The lowest BCUT2D eigenvalue weighted by atomic mass is 9.99. The number of pyridine rings is 1. The largest absolute Gasteiger partial charge is 0.493 e. The molecular formula is C43H47N5O11S2. The highest BCUT2D eigenvalue weighted by Gasteiger charge is 2.46. The summed E-state index contributed by atoms with van der Waals surface area (Å²) in [5, 5.41) is 23.1. The van der Waals surface area contributed by atoms with Crippen LogP contribution in [0.1, 0.15) is 70.4 Å². The molecule has 2 fully saturated rings. The van der Waals surface area contributed by atoms with Gasteiger partial charge in [0.1, 0.15) is 17.0 Å². The smallest absolute Gasteiger partial charge is 0.416 e. The number of amides is 3. The SMILES string of the molecule is C=C1C[C@H]2C(=O)Cc3cc(OCCCCCOc4cc5c(cc4C)C(=O)N4CC(=C)C[C@H]4[C@H](O)N5C(=O)OCCCSSc4ccc([N+](=O)[O-])cn4)c(OC)cc3C(=O)N2C1. The second-order valence-corrected chi connectivity index (χ2v) is 17.8. The number of methoxy groups -OCH3 is 1. The number of nitro groups is 1. The van der Waals surface area contributed by atoms with Gasteiger partial charge in [-0.25, -0.2) is 14.7 Å². The molecule has 0 saturated carbocycles. The molecule has 322 valence electrons. The van der Waals surface area contributed by atoms with E-state index in [1.807, 2.05) is 6.92 Å². The molecule has 3 atom stereocenters. The molecule has 0 bridgehead atoms. The summed E-state index contributed by atoms with van der Waals surface area (Å²) in [5.41, 5.74) is 3.72. The van der Waals surface area contributed by atoms with E-state index in [1.165, 1.54) is 41.0 Å². The lowest BCUT2D eigenvalue weighted by Crippen LogP contribution is -2.51. The van der Waals surface area contributed by atoms with Crippen molar-refractivity contribution in [3.63, 3.8) is 0 Å². The Morgan fingerprint density at radius 2 is 1.64 bits per heavy atom. The number of aromatic nitrogens is 1. The molecule has 16 nitrogen and oxygen atoms in total. The number of ketones is 1. The van der Waals surface area contributed by atoms with Crippen LogP contribution in [0.4, 0.5) is 16.2 Å². The van der Waals surface area contributed by atoms with E-state index >= 15 is 0 Å². The summed E-state index contributed by atoms with van der Waals surface area (Å²) in [6.45, 7) is 11.2. The number of carbonyl (C=O) groups excluding carboxylic acids is 4. The van der Waals surface area contributed by atoms with Crippen LogP contribution < -0.4 is 19.1 Å². The van der Waals surface area contributed by atoms with E-state index in [-0.39, 0.29) is 54.1 Å². The third-order valence-corrected chi connectivity index (χ3v) is 13.3. The summed E-state index contributed by atoms with van der Waals surface area (Å²) in [6.07, 6.45) is 2.49. The molecule has 4 aliphatic rings. The zero-order valence-electron chi connectivity index (χ0n) is 34.0. The van der Waals surface area contributed by atoms with Gasteiger partial charge >= 0.3 is 6.09 Å². The summed E-state index contributed by atoms with van der Waals surface area (Å²) in [7, 11) is 4.31. The molecule has 0 spiro atoms. The van der Waals surface area contributed by atoms with Gasteiger partial charge in [-0.3, -0.25) is 24.5 Å². The van der Waals surface area contributed by atoms with Crippen molar-refractivity contribution >= 4 is 56.7 Å². The van der Waals surface area contributed by atoms with Gasteiger partial charge in [0.2, 0.25) is 0 Å². The zero-order chi connectivity index (χ0) is 43.4. The maximum absolute atomic E-state index is 13.9. The molecule has 7 rings (SSSR count). The number of hydrogen-bond acceptors (Lipinski definition) is 14. The molecule has 2 aromatic carbocycles. The highest BCUT2D eigenvalue weighted by Crippen LogP contribution is 2.40. The number of unbranched alkanes of at least 4 members (excludes halogenated alkanes) is 2. The molecule has 0 radical (unpaired) electrons. The first kappa shape index (κ1) is 43.5. The predicted molar refractivity (Wildman–Crippen MR) is 229 cm³/mol. The third-order valence-electron chi connectivity index (χ3n) is 11.0. The number of rotatable bonds is 16. The van der Waals surface area contributed by atoms with Crippen LogP contribution in [0.5, 0.6) is 17.2 Å². The lowest BCUT2D eigenvalue weighted by molar-refractivity contribution is -0.385. The van der Waals surface area contributed by atoms with Crippen LogP contribution in [0.15, 0.2) is 71.9 Å². The Labute approximate surface area is 360 Å². The highest BCUT2D eigenvalue weighted by molar-refractivity contribution is 8.76. The summed E-state index contributed by atoms with van der Waals surface area (Å²) in [4.78, 5) is 72.7. The Morgan fingerprint density at radius 1 is 0.918 bits per heavy atom. The van der Waals surface area contributed by atoms with Crippen molar-refractivity contribution in [3.8, 4) is 17.2 Å². The van der Waals surface area contributed by atoms with Crippen LogP contribution in [-0.2, 0) is 16.0 Å². The van der Waals surface area contributed by atoms with Gasteiger partial charge in [0, 0.05) is 43.0 Å². The first-order chi connectivity index (χ1) is 29.3. The predicted octanol–water partition coefficient (Wildman–Crippen LogP) is 6.71. The van der Waals surface area contributed by atoms with Crippen molar-refractivity contribution in [1.82, 2.24) is 14.8 Å². The van der Waals surface area contributed by atoms with Gasteiger partial charge < -0.3 is 33.9 Å². The molecule has 4 aliphatic heterocycles. The van der Waals surface area contributed by atoms with Gasteiger partial charge in [0.15, 0.2) is 23.5 Å². The van der Waals surface area contributed by atoms with Gasteiger partial charge in [-0.1, -0.05) is 35.1 Å². The van der Waals surface area contributed by atoms with Crippen LogP contribution in [0.3, 0.4) is 0 Å². The van der Waals surface area contributed by atoms with Crippen LogP contribution in [-0.4, -0.2) is 113 Å². The van der Waals surface area contributed by atoms with Crippen molar-refractivity contribution in [3.05, 3.63) is 99.3 Å². The maximum Gasteiger partial charge on any atom is 0.416 e. The quantitative estimate of drug-likeness (QED) is 0.0525. The Hall–Kier alpha value is -5.59. The topological polar surface area (TPSA) is 191 Å². The van der Waals surface area contributed by atoms with E-state index < -0.39 is 29.3 Å². The van der Waals surface area contributed by atoms with Crippen LogP contribution >= 0.6 is 21.6 Å². The summed E-state index contributed by atoms with van der Waals surface area (Å²) in [6, 6.07) is 8.43. The fourth-order valence-corrected chi connectivity index (χ4v) is 9.82. The summed E-state index contributed by atoms with van der Waals surface area (Å²) in [5.74, 6) is 1.36. The minimum absolute atomic E-state index is 0.0208. The van der Waals surface area contributed by atoms with Crippen molar-refractivity contribution < 1.29 is 48.2 Å². The maximum atomic E-state index is 13.9. The molecule has 3 aromatic rings. The zero-order valence-corrected chi connectivity index (χ0v) is 35.6. The minimum Gasteiger partial charge on any atom is -0.493 e. The number of Topliss-reactive ketones (excluding diaryl/α,β-unsaturated/α-hetero) is 1. The molecule has 5 heterocycles. The van der Waals surface area contributed by atoms with Gasteiger partial charge in [-0.2, -0.15) is 0 Å². The number of carbonyl (C=O) groups is 4. The molecular weight excluding hydrogens is 827 g/mol. The molecule has 61 heavy (non-hydrogen) atoms. The summed E-state index contributed by atoms with van der Waals surface area (Å²) < 4.78 is 23.5.